The third-order valence-corrected chi connectivity index (χ3v) is 2.77. The standard InChI is InChI=1S/C12H13ClN4O/c1-2-17-8-15-16-11(17)7-14-12(18)9-4-3-5-10(13)6-9/h3-6,8H,2,7H2,1H3,(H,14,18). The molecule has 18 heavy (non-hydrogen) atoms. The molecule has 0 bridgehead atoms. The Morgan fingerprint density at radius 2 is 2.33 bits per heavy atom. The highest BCUT2D eigenvalue weighted by Crippen LogP contribution is 2.10. The zero-order valence-corrected chi connectivity index (χ0v) is 10.7. The zero-order chi connectivity index (χ0) is 13.0. The number of nitrogens with one attached hydrogen (secondary N) is 1. The van der Waals surface area contributed by atoms with Crippen molar-refractivity contribution in [1.29, 1.82) is 0 Å². The van der Waals surface area contributed by atoms with Crippen LogP contribution in [-0.2, 0) is 13.1 Å². The first-order valence-corrected chi connectivity index (χ1v) is 5.99. The van der Waals surface area contributed by atoms with E-state index in [1.807, 2.05) is 11.5 Å². The molecule has 1 aromatic heterocycles. The van der Waals surface area contributed by atoms with Gasteiger partial charge in [0.05, 0.1) is 6.54 Å². The molecule has 1 amide bonds. The fourth-order valence-corrected chi connectivity index (χ4v) is 1.76. The molecule has 2 rings (SSSR count). The molecule has 0 aliphatic carbocycles. The summed E-state index contributed by atoms with van der Waals surface area (Å²) in [6.07, 6.45) is 1.64. The molecule has 0 atom stereocenters. The Morgan fingerprint density at radius 1 is 1.50 bits per heavy atom. The van der Waals surface area contributed by atoms with Gasteiger partial charge in [-0.2, -0.15) is 0 Å². The lowest BCUT2D eigenvalue weighted by atomic mass is 10.2. The second kappa shape index (κ2) is 5.64. The van der Waals surface area contributed by atoms with Gasteiger partial charge in [-0.15, -0.1) is 10.2 Å². The van der Waals surface area contributed by atoms with Crippen LogP contribution in [0.3, 0.4) is 0 Å². The Morgan fingerprint density at radius 3 is 3.06 bits per heavy atom. The van der Waals surface area contributed by atoms with Gasteiger partial charge in [-0.1, -0.05) is 17.7 Å². The van der Waals surface area contributed by atoms with Crippen molar-refractivity contribution in [3.05, 3.63) is 47.0 Å². The second-order valence-corrected chi connectivity index (χ2v) is 4.16. The lowest BCUT2D eigenvalue weighted by molar-refractivity contribution is 0.0949. The van der Waals surface area contributed by atoms with Gasteiger partial charge in [-0.05, 0) is 25.1 Å². The molecule has 2 aromatic rings. The summed E-state index contributed by atoms with van der Waals surface area (Å²) in [5.41, 5.74) is 0.532. The van der Waals surface area contributed by atoms with Crippen molar-refractivity contribution >= 4 is 17.5 Å². The highest BCUT2D eigenvalue weighted by atomic mass is 35.5. The number of aryl methyl sites for hydroxylation is 1. The Kier molecular flexibility index (Phi) is 3.94. The number of hydrogen-bond donors (Lipinski definition) is 1. The SMILES string of the molecule is CCn1cnnc1CNC(=O)c1cccc(Cl)c1. The van der Waals surface area contributed by atoms with Crippen molar-refractivity contribution in [3.8, 4) is 0 Å². The van der Waals surface area contributed by atoms with Crippen LogP contribution in [0.4, 0.5) is 0 Å². The summed E-state index contributed by atoms with van der Waals surface area (Å²) in [7, 11) is 0. The van der Waals surface area contributed by atoms with Gasteiger partial charge in [0, 0.05) is 17.1 Å². The van der Waals surface area contributed by atoms with Crippen LogP contribution in [0.2, 0.25) is 5.02 Å². The lowest BCUT2D eigenvalue weighted by Crippen LogP contribution is -2.24. The van der Waals surface area contributed by atoms with Crippen LogP contribution in [-0.4, -0.2) is 20.7 Å². The molecule has 0 fully saturated rings. The van der Waals surface area contributed by atoms with Crippen LogP contribution in [0.15, 0.2) is 30.6 Å². The van der Waals surface area contributed by atoms with Crippen LogP contribution in [0.25, 0.3) is 0 Å². The van der Waals surface area contributed by atoms with Gasteiger partial charge in [-0.3, -0.25) is 4.79 Å². The summed E-state index contributed by atoms with van der Waals surface area (Å²) in [4.78, 5) is 11.9. The Hall–Kier alpha value is -1.88. The van der Waals surface area contributed by atoms with Crippen LogP contribution in [0, 0.1) is 0 Å². The third kappa shape index (κ3) is 2.87. The van der Waals surface area contributed by atoms with E-state index in [4.69, 9.17) is 11.6 Å². The van der Waals surface area contributed by atoms with E-state index in [0.29, 0.717) is 17.1 Å². The van der Waals surface area contributed by atoms with Gasteiger partial charge in [-0.25, -0.2) is 0 Å². The molecule has 0 unspecified atom stereocenters. The normalized spacial score (nSPS) is 10.3. The van der Waals surface area contributed by atoms with Crippen molar-refractivity contribution in [2.45, 2.75) is 20.0 Å². The quantitative estimate of drug-likeness (QED) is 0.917. The van der Waals surface area contributed by atoms with E-state index in [-0.39, 0.29) is 5.91 Å². The molecule has 1 N–H and O–H groups in total. The number of hydrogen-bond acceptors (Lipinski definition) is 3. The average Bonchev–Trinajstić information content (AvgIpc) is 2.83. The molecule has 6 heteroatoms. The first-order valence-electron chi connectivity index (χ1n) is 5.61. The van der Waals surface area contributed by atoms with Crippen molar-refractivity contribution in [3.63, 3.8) is 0 Å². The Bertz CT molecular complexity index is 553. The molecular formula is C12H13ClN4O. The van der Waals surface area contributed by atoms with E-state index in [1.54, 1.807) is 30.6 Å². The molecule has 0 saturated carbocycles. The largest absolute Gasteiger partial charge is 0.345 e. The predicted molar refractivity (Wildman–Crippen MR) is 68.3 cm³/mol. The van der Waals surface area contributed by atoms with Crippen molar-refractivity contribution in [1.82, 2.24) is 20.1 Å². The Labute approximate surface area is 110 Å². The van der Waals surface area contributed by atoms with E-state index < -0.39 is 0 Å². The fourth-order valence-electron chi connectivity index (χ4n) is 1.57. The van der Waals surface area contributed by atoms with Gasteiger partial charge in [0.2, 0.25) is 0 Å². The van der Waals surface area contributed by atoms with Gasteiger partial charge in [0.1, 0.15) is 6.33 Å². The average molecular weight is 265 g/mol. The minimum Gasteiger partial charge on any atom is -0.345 e. The number of carbonyl (C=O) groups excluding carboxylic acids is 1. The molecule has 94 valence electrons. The van der Waals surface area contributed by atoms with Crippen LogP contribution < -0.4 is 5.32 Å². The maximum absolute atomic E-state index is 11.9. The molecule has 0 spiro atoms. The molecule has 0 aliphatic rings. The monoisotopic (exact) mass is 264 g/mol. The molecule has 5 nitrogen and oxygen atoms in total. The number of aromatic nitrogens is 3. The minimum atomic E-state index is -0.178. The van der Waals surface area contributed by atoms with Crippen LogP contribution in [0.1, 0.15) is 23.1 Å². The second-order valence-electron chi connectivity index (χ2n) is 3.73. The molecular weight excluding hydrogens is 252 g/mol. The highest BCUT2D eigenvalue weighted by molar-refractivity contribution is 6.30. The number of benzene rings is 1. The fraction of sp³-hybridized carbons (Fsp3) is 0.250. The van der Waals surface area contributed by atoms with E-state index in [1.165, 1.54) is 0 Å². The maximum atomic E-state index is 11.9. The van der Waals surface area contributed by atoms with Crippen molar-refractivity contribution < 1.29 is 4.79 Å². The van der Waals surface area contributed by atoms with Crippen molar-refractivity contribution in [2.75, 3.05) is 0 Å². The summed E-state index contributed by atoms with van der Waals surface area (Å²) < 4.78 is 1.87. The molecule has 0 saturated heterocycles. The van der Waals surface area contributed by atoms with E-state index >= 15 is 0 Å². The van der Waals surface area contributed by atoms with Crippen LogP contribution >= 0.6 is 11.6 Å². The molecule has 0 aliphatic heterocycles. The van der Waals surface area contributed by atoms with Crippen LogP contribution in [0.5, 0.6) is 0 Å². The number of rotatable bonds is 4. The van der Waals surface area contributed by atoms with Gasteiger partial charge >= 0.3 is 0 Å². The van der Waals surface area contributed by atoms with E-state index in [2.05, 4.69) is 15.5 Å². The molecule has 1 aromatic carbocycles. The van der Waals surface area contributed by atoms with Crippen molar-refractivity contribution in [2.24, 2.45) is 0 Å². The summed E-state index contributed by atoms with van der Waals surface area (Å²) in [5, 5.41) is 11.1. The number of nitrogens with zero attached hydrogens (tertiary/aromatic N) is 3. The van der Waals surface area contributed by atoms with Gasteiger partial charge in [0.25, 0.3) is 5.91 Å². The zero-order valence-electron chi connectivity index (χ0n) is 9.93. The lowest BCUT2D eigenvalue weighted by Gasteiger charge is -2.06. The van der Waals surface area contributed by atoms with Gasteiger partial charge in [0.15, 0.2) is 5.82 Å². The predicted octanol–water partition coefficient (Wildman–Crippen LogP) is 1.88. The van der Waals surface area contributed by atoms with E-state index in [0.717, 1.165) is 12.4 Å². The van der Waals surface area contributed by atoms with E-state index in [9.17, 15) is 4.79 Å². The third-order valence-electron chi connectivity index (χ3n) is 2.53. The first-order chi connectivity index (χ1) is 8.70. The minimum absolute atomic E-state index is 0.178. The summed E-state index contributed by atoms with van der Waals surface area (Å²) in [6.45, 7) is 3.11. The van der Waals surface area contributed by atoms with Gasteiger partial charge < -0.3 is 9.88 Å². The number of amides is 1. The molecule has 1 heterocycles. The smallest absolute Gasteiger partial charge is 0.251 e. The Balaban J connectivity index is 2.00. The summed E-state index contributed by atoms with van der Waals surface area (Å²) in [5.74, 6) is 0.552. The topological polar surface area (TPSA) is 59.8 Å². The summed E-state index contributed by atoms with van der Waals surface area (Å²) in [6, 6.07) is 6.81. The number of carbonyl (C=O) groups is 1. The highest BCUT2D eigenvalue weighted by Gasteiger charge is 2.08. The maximum Gasteiger partial charge on any atom is 0.251 e. The molecule has 0 radical (unpaired) electrons. The summed E-state index contributed by atoms with van der Waals surface area (Å²) >= 11 is 5.83. The first kappa shape index (κ1) is 12.6. The number of halogens is 1.